The maximum absolute atomic E-state index is 11.0. The van der Waals surface area contributed by atoms with Crippen LogP contribution in [0.25, 0.3) is 0 Å². The Labute approximate surface area is 122 Å². The largest absolute Gasteiger partial charge is 0.388 e. The molecule has 5 rings (SSSR count). The maximum Gasteiger partial charge on any atom is 0.0855 e. The van der Waals surface area contributed by atoms with Crippen molar-refractivity contribution in [3.63, 3.8) is 0 Å². The van der Waals surface area contributed by atoms with Gasteiger partial charge in [-0.3, -0.25) is 0 Å². The quantitative estimate of drug-likeness (QED) is 0.868. The standard InChI is InChI=1S/C16H20BrNO/c17-13-2-1-3-14(7-13)18-15-12-5-10-4-11(6-12)9-16(15,19)8-10/h1-3,7,10-12,15,18-19H,4-6,8-9H2/t10-,11?,12?,15?,16?/m0/s1. The molecule has 4 fully saturated rings. The molecule has 0 spiro atoms. The van der Waals surface area contributed by atoms with Gasteiger partial charge in [-0.25, -0.2) is 0 Å². The van der Waals surface area contributed by atoms with E-state index in [0.29, 0.717) is 5.92 Å². The lowest BCUT2D eigenvalue weighted by Gasteiger charge is -2.59. The molecule has 2 N–H and O–H groups in total. The number of halogens is 1. The van der Waals surface area contributed by atoms with Gasteiger partial charge in [0.2, 0.25) is 0 Å². The van der Waals surface area contributed by atoms with Gasteiger partial charge in [0.25, 0.3) is 0 Å². The van der Waals surface area contributed by atoms with Gasteiger partial charge >= 0.3 is 0 Å². The number of rotatable bonds is 2. The van der Waals surface area contributed by atoms with Gasteiger partial charge in [-0.1, -0.05) is 22.0 Å². The maximum atomic E-state index is 11.0. The molecule has 4 aliphatic rings. The molecule has 19 heavy (non-hydrogen) atoms. The Morgan fingerprint density at radius 2 is 1.89 bits per heavy atom. The van der Waals surface area contributed by atoms with E-state index in [4.69, 9.17) is 0 Å². The Morgan fingerprint density at radius 3 is 2.53 bits per heavy atom. The van der Waals surface area contributed by atoms with E-state index in [-0.39, 0.29) is 6.04 Å². The Kier molecular flexibility index (Phi) is 2.72. The first-order valence-electron chi connectivity index (χ1n) is 7.37. The topological polar surface area (TPSA) is 32.3 Å². The molecule has 2 nitrogen and oxygen atoms in total. The van der Waals surface area contributed by atoms with Gasteiger partial charge < -0.3 is 10.4 Å². The predicted molar refractivity (Wildman–Crippen MR) is 80.1 cm³/mol. The Balaban J connectivity index is 1.61. The lowest BCUT2D eigenvalue weighted by Crippen LogP contribution is -2.63. The fraction of sp³-hybridized carbons (Fsp3) is 0.625. The minimum absolute atomic E-state index is 0.245. The number of hydrogen-bond acceptors (Lipinski definition) is 2. The Bertz CT molecular complexity index is 489. The normalized spacial score (nSPS) is 43.5. The van der Waals surface area contributed by atoms with E-state index < -0.39 is 5.60 Å². The number of anilines is 1. The minimum Gasteiger partial charge on any atom is -0.388 e. The van der Waals surface area contributed by atoms with E-state index in [1.54, 1.807) is 0 Å². The van der Waals surface area contributed by atoms with Crippen LogP contribution < -0.4 is 5.32 Å². The van der Waals surface area contributed by atoms with E-state index in [2.05, 4.69) is 33.4 Å². The van der Waals surface area contributed by atoms with Crippen molar-refractivity contribution in [2.75, 3.05) is 5.32 Å². The monoisotopic (exact) mass is 321 g/mol. The Morgan fingerprint density at radius 1 is 1.16 bits per heavy atom. The third-order valence-electron chi connectivity index (χ3n) is 5.42. The Hall–Kier alpha value is -0.540. The summed E-state index contributed by atoms with van der Waals surface area (Å²) >= 11 is 3.52. The van der Waals surface area contributed by atoms with Crippen LogP contribution in [0.15, 0.2) is 28.7 Å². The predicted octanol–water partition coefficient (Wildman–Crippen LogP) is 3.80. The summed E-state index contributed by atoms with van der Waals surface area (Å²) in [6.07, 6.45) is 5.99. The molecule has 3 heteroatoms. The molecule has 4 bridgehead atoms. The van der Waals surface area contributed by atoms with Crippen molar-refractivity contribution in [2.24, 2.45) is 17.8 Å². The number of nitrogens with one attached hydrogen (secondary N) is 1. The van der Waals surface area contributed by atoms with Crippen LogP contribution in [-0.2, 0) is 0 Å². The van der Waals surface area contributed by atoms with Gasteiger partial charge in [0.15, 0.2) is 0 Å². The number of aliphatic hydroxyl groups is 1. The summed E-state index contributed by atoms with van der Waals surface area (Å²) in [5.41, 5.74) is 0.664. The first kappa shape index (κ1) is 12.2. The molecule has 0 amide bonds. The summed E-state index contributed by atoms with van der Waals surface area (Å²) in [5, 5.41) is 14.6. The van der Waals surface area contributed by atoms with Crippen molar-refractivity contribution in [3.8, 4) is 0 Å². The molecule has 4 saturated carbocycles. The van der Waals surface area contributed by atoms with E-state index in [1.807, 2.05) is 12.1 Å². The molecule has 0 radical (unpaired) electrons. The first-order valence-corrected chi connectivity index (χ1v) is 8.16. The second-order valence-electron chi connectivity index (χ2n) is 6.84. The van der Waals surface area contributed by atoms with E-state index >= 15 is 0 Å². The molecule has 102 valence electrons. The van der Waals surface area contributed by atoms with Crippen LogP contribution >= 0.6 is 15.9 Å². The van der Waals surface area contributed by atoms with Crippen molar-refractivity contribution in [2.45, 2.75) is 43.7 Å². The minimum atomic E-state index is -0.461. The van der Waals surface area contributed by atoms with Crippen LogP contribution in [0.3, 0.4) is 0 Å². The van der Waals surface area contributed by atoms with Crippen molar-refractivity contribution in [1.82, 2.24) is 0 Å². The average molecular weight is 322 g/mol. The zero-order valence-electron chi connectivity index (χ0n) is 11.0. The van der Waals surface area contributed by atoms with Crippen LogP contribution in [0.5, 0.6) is 0 Å². The second kappa shape index (κ2) is 4.23. The fourth-order valence-electron chi connectivity index (χ4n) is 5.01. The molecule has 0 heterocycles. The highest BCUT2D eigenvalue weighted by Crippen LogP contribution is 2.56. The van der Waals surface area contributed by atoms with Gasteiger partial charge in [-0.15, -0.1) is 0 Å². The molecule has 0 aromatic heterocycles. The molecule has 0 saturated heterocycles. The highest BCUT2D eigenvalue weighted by molar-refractivity contribution is 9.10. The van der Waals surface area contributed by atoms with Gasteiger partial charge in [0, 0.05) is 10.2 Å². The van der Waals surface area contributed by atoms with Gasteiger partial charge in [-0.2, -0.15) is 0 Å². The summed E-state index contributed by atoms with van der Waals surface area (Å²) in [6.45, 7) is 0. The van der Waals surface area contributed by atoms with Gasteiger partial charge in [-0.05, 0) is 68.1 Å². The van der Waals surface area contributed by atoms with Crippen molar-refractivity contribution < 1.29 is 5.11 Å². The van der Waals surface area contributed by atoms with Crippen LogP contribution in [0.4, 0.5) is 5.69 Å². The molecule has 4 unspecified atom stereocenters. The highest BCUT2D eigenvalue weighted by Gasteiger charge is 2.56. The van der Waals surface area contributed by atoms with Crippen LogP contribution in [0, 0.1) is 17.8 Å². The van der Waals surface area contributed by atoms with Crippen molar-refractivity contribution >= 4 is 21.6 Å². The second-order valence-corrected chi connectivity index (χ2v) is 7.76. The zero-order chi connectivity index (χ0) is 13.0. The van der Waals surface area contributed by atoms with E-state index in [9.17, 15) is 5.11 Å². The third kappa shape index (κ3) is 2.02. The number of benzene rings is 1. The highest BCUT2D eigenvalue weighted by atomic mass is 79.9. The molecule has 0 aliphatic heterocycles. The number of hydrogen-bond donors (Lipinski definition) is 2. The third-order valence-corrected chi connectivity index (χ3v) is 5.91. The summed E-state index contributed by atoms with van der Waals surface area (Å²) in [6, 6.07) is 8.53. The van der Waals surface area contributed by atoms with Crippen LogP contribution in [0.2, 0.25) is 0 Å². The molecule has 1 aromatic rings. The molecular formula is C16H20BrNO. The van der Waals surface area contributed by atoms with Gasteiger partial charge in [0.05, 0.1) is 11.6 Å². The zero-order valence-corrected chi connectivity index (χ0v) is 12.6. The van der Waals surface area contributed by atoms with Crippen LogP contribution in [-0.4, -0.2) is 16.7 Å². The molecule has 5 atom stereocenters. The van der Waals surface area contributed by atoms with E-state index in [0.717, 1.165) is 34.8 Å². The summed E-state index contributed by atoms with van der Waals surface area (Å²) in [7, 11) is 0. The summed E-state index contributed by atoms with van der Waals surface area (Å²) in [5.74, 6) is 2.22. The lowest BCUT2D eigenvalue weighted by atomic mass is 9.52. The smallest absolute Gasteiger partial charge is 0.0855 e. The SMILES string of the molecule is OC12CC3CC(C[C@H](C3)C1)C2Nc1cccc(Br)c1. The summed E-state index contributed by atoms with van der Waals surface area (Å²) in [4.78, 5) is 0. The summed E-state index contributed by atoms with van der Waals surface area (Å²) < 4.78 is 1.09. The lowest BCUT2D eigenvalue weighted by molar-refractivity contribution is -0.133. The fourth-order valence-corrected chi connectivity index (χ4v) is 5.41. The molecule has 4 aliphatic carbocycles. The van der Waals surface area contributed by atoms with Gasteiger partial charge in [0.1, 0.15) is 0 Å². The molecular weight excluding hydrogens is 302 g/mol. The molecule has 1 aromatic carbocycles. The van der Waals surface area contributed by atoms with Crippen molar-refractivity contribution in [1.29, 1.82) is 0 Å². The average Bonchev–Trinajstić information content (AvgIpc) is 2.32. The van der Waals surface area contributed by atoms with Crippen LogP contribution in [0.1, 0.15) is 32.1 Å². The van der Waals surface area contributed by atoms with Crippen molar-refractivity contribution in [3.05, 3.63) is 28.7 Å². The van der Waals surface area contributed by atoms with E-state index in [1.165, 1.54) is 19.3 Å². The first-order chi connectivity index (χ1) is 9.12.